The number of nitrogens with one attached hydrogen (secondary N) is 1. The summed E-state index contributed by atoms with van der Waals surface area (Å²) in [6, 6.07) is 9.99. The molecule has 32 heavy (non-hydrogen) atoms. The van der Waals surface area contributed by atoms with Crippen LogP contribution in [0.4, 0.5) is 14.9 Å². The Bertz CT molecular complexity index is 1160. The fraction of sp³-hybridized carbons (Fsp3) is 0.375. The number of fused-ring (bicyclic) bond motifs is 1. The highest BCUT2D eigenvalue weighted by atomic mass is 35.5. The maximum atomic E-state index is 13.6. The number of aromatic nitrogens is 2. The lowest BCUT2D eigenvalue weighted by atomic mass is 10.1. The van der Waals surface area contributed by atoms with E-state index in [0.717, 1.165) is 12.8 Å². The van der Waals surface area contributed by atoms with Gasteiger partial charge in [0.15, 0.2) is 0 Å². The Kier molecular flexibility index (Phi) is 7.85. The summed E-state index contributed by atoms with van der Waals surface area (Å²) in [5, 5.41) is 3.76. The molecule has 1 atom stereocenters. The van der Waals surface area contributed by atoms with Crippen molar-refractivity contribution in [3.8, 4) is 0 Å². The summed E-state index contributed by atoms with van der Waals surface area (Å²) in [5.41, 5.74) is 0.711. The van der Waals surface area contributed by atoms with Gasteiger partial charge in [-0.1, -0.05) is 37.9 Å². The van der Waals surface area contributed by atoms with Crippen molar-refractivity contribution in [1.82, 2.24) is 14.5 Å². The number of hydrogen-bond acceptors (Lipinski definition) is 3. The molecule has 0 aliphatic carbocycles. The van der Waals surface area contributed by atoms with Gasteiger partial charge in [-0.3, -0.25) is 9.36 Å². The second-order valence-corrected chi connectivity index (χ2v) is 8.03. The molecule has 3 rings (SSSR count). The van der Waals surface area contributed by atoms with Crippen LogP contribution in [0.3, 0.4) is 0 Å². The average molecular weight is 459 g/mol. The number of anilines is 1. The molecule has 1 aromatic heterocycles. The molecule has 0 saturated carbocycles. The third-order valence-corrected chi connectivity index (χ3v) is 5.65. The zero-order chi connectivity index (χ0) is 23.3. The lowest BCUT2D eigenvalue weighted by Gasteiger charge is -2.32. The molecule has 170 valence electrons. The summed E-state index contributed by atoms with van der Waals surface area (Å²) in [4.78, 5) is 32.9. The second-order valence-electron chi connectivity index (χ2n) is 7.59. The lowest BCUT2D eigenvalue weighted by Crippen LogP contribution is -2.41. The number of nitrogens with zero attached hydrogens (tertiary/aromatic N) is 3. The van der Waals surface area contributed by atoms with E-state index in [1.54, 1.807) is 39.8 Å². The van der Waals surface area contributed by atoms with Crippen LogP contribution >= 0.6 is 11.6 Å². The van der Waals surface area contributed by atoms with Crippen molar-refractivity contribution in [3.05, 3.63) is 69.5 Å². The van der Waals surface area contributed by atoms with E-state index in [0.29, 0.717) is 46.9 Å². The summed E-state index contributed by atoms with van der Waals surface area (Å²) in [6.45, 7) is 6.77. The topological polar surface area (TPSA) is 67.2 Å². The monoisotopic (exact) mass is 458 g/mol. The minimum atomic E-state index is -0.439. The zero-order valence-corrected chi connectivity index (χ0v) is 19.3. The van der Waals surface area contributed by atoms with Crippen LogP contribution in [0, 0.1) is 5.82 Å². The Labute approximate surface area is 192 Å². The van der Waals surface area contributed by atoms with Gasteiger partial charge in [-0.25, -0.2) is 14.2 Å². The van der Waals surface area contributed by atoms with Gasteiger partial charge in [0.2, 0.25) is 0 Å². The van der Waals surface area contributed by atoms with Gasteiger partial charge in [0, 0.05) is 23.8 Å². The number of amides is 2. The summed E-state index contributed by atoms with van der Waals surface area (Å²) in [6.07, 6.45) is 2.23. The van der Waals surface area contributed by atoms with Crippen LogP contribution in [0.1, 0.15) is 51.9 Å². The van der Waals surface area contributed by atoms with Crippen molar-refractivity contribution in [2.75, 3.05) is 11.9 Å². The van der Waals surface area contributed by atoms with Gasteiger partial charge >= 0.3 is 6.03 Å². The maximum Gasteiger partial charge on any atom is 0.322 e. The van der Waals surface area contributed by atoms with Gasteiger partial charge in [0.05, 0.1) is 16.9 Å². The Morgan fingerprint density at radius 3 is 2.66 bits per heavy atom. The van der Waals surface area contributed by atoms with E-state index in [1.165, 1.54) is 12.1 Å². The van der Waals surface area contributed by atoms with E-state index < -0.39 is 11.9 Å². The van der Waals surface area contributed by atoms with Crippen molar-refractivity contribution in [1.29, 1.82) is 0 Å². The predicted octanol–water partition coefficient (Wildman–Crippen LogP) is 5.99. The smallest absolute Gasteiger partial charge is 0.314 e. The van der Waals surface area contributed by atoms with Gasteiger partial charge in [0.1, 0.15) is 11.6 Å². The summed E-state index contributed by atoms with van der Waals surface area (Å²) >= 11 is 6.14. The van der Waals surface area contributed by atoms with Crippen LogP contribution in [0.15, 0.2) is 47.3 Å². The molecule has 0 fully saturated rings. The van der Waals surface area contributed by atoms with Crippen molar-refractivity contribution in [3.63, 3.8) is 0 Å². The molecule has 1 unspecified atom stereocenters. The van der Waals surface area contributed by atoms with Crippen LogP contribution in [0.25, 0.3) is 10.9 Å². The molecule has 6 nitrogen and oxygen atoms in total. The summed E-state index contributed by atoms with van der Waals surface area (Å²) in [5.74, 6) is 0.0862. The number of urea groups is 1. The van der Waals surface area contributed by atoms with E-state index in [1.807, 2.05) is 20.8 Å². The van der Waals surface area contributed by atoms with E-state index in [-0.39, 0.29) is 11.6 Å². The second kappa shape index (κ2) is 10.6. The van der Waals surface area contributed by atoms with Crippen molar-refractivity contribution in [2.24, 2.45) is 0 Å². The van der Waals surface area contributed by atoms with Crippen LogP contribution in [0.2, 0.25) is 5.02 Å². The first-order valence-corrected chi connectivity index (χ1v) is 11.3. The van der Waals surface area contributed by atoms with E-state index in [2.05, 4.69) is 5.32 Å². The van der Waals surface area contributed by atoms with Crippen molar-refractivity contribution >= 4 is 34.2 Å². The van der Waals surface area contributed by atoms with Crippen molar-refractivity contribution in [2.45, 2.75) is 52.6 Å². The predicted molar refractivity (Wildman–Crippen MR) is 127 cm³/mol. The fourth-order valence-electron chi connectivity index (χ4n) is 3.80. The summed E-state index contributed by atoms with van der Waals surface area (Å²) < 4.78 is 15.2. The normalized spacial score (nSPS) is 12.0. The SMILES string of the molecule is CCCCN(C(=O)Nc1cccc(F)c1)C(CC)c1nc2cc(Cl)ccc2c(=O)n1CC. The highest BCUT2D eigenvalue weighted by molar-refractivity contribution is 6.31. The Morgan fingerprint density at radius 1 is 1.22 bits per heavy atom. The molecule has 0 bridgehead atoms. The zero-order valence-electron chi connectivity index (χ0n) is 18.6. The van der Waals surface area contributed by atoms with Gasteiger partial charge in [-0.2, -0.15) is 0 Å². The standard InChI is InChI=1S/C24H28ClFN4O2/c1-4-7-13-30(24(32)27-18-10-8-9-17(26)15-18)21(5-2)22-28-20-14-16(25)11-12-19(20)23(31)29(22)6-3/h8-12,14-15,21H,4-7,13H2,1-3H3,(H,27,32). The number of rotatable bonds is 8. The minimum absolute atomic E-state index is 0.163. The Morgan fingerprint density at radius 2 is 2.00 bits per heavy atom. The third-order valence-electron chi connectivity index (χ3n) is 5.41. The van der Waals surface area contributed by atoms with E-state index in [9.17, 15) is 14.0 Å². The molecule has 0 aliphatic rings. The first-order valence-electron chi connectivity index (χ1n) is 10.9. The van der Waals surface area contributed by atoms with Crippen LogP contribution in [-0.4, -0.2) is 27.0 Å². The van der Waals surface area contributed by atoms with Crippen LogP contribution < -0.4 is 10.9 Å². The molecule has 0 spiro atoms. The first kappa shape index (κ1) is 23.7. The number of halogens is 2. The molecular weight excluding hydrogens is 431 g/mol. The van der Waals surface area contributed by atoms with Gasteiger partial charge in [-0.15, -0.1) is 0 Å². The highest BCUT2D eigenvalue weighted by Gasteiger charge is 2.28. The van der Waals surface area contributed by atoms with Crippen molar-refractivity contribution < 1.29 is 9.18 Å². The molecule has 1 heterocycles. The lowest BCUT2D eigenvalue weighted by molar-refractivity contribution is 0.178. The first-order chi connectivity index (χ1) is 15.4. The molecular formula is C24H28ClFN4O2. The van der Waals surface area contributed by atoms with Gasteiger partial charge < -0.3 is 10.2 Å². The molecule has 0 saturated heterocycles. The number of carbonyl (C=O) groups excluding carboxylic acids is 1. The molecule has 0 aliphatic heterocycles. The largest absolute Gasteiger partial charge is 0.322 e. The molecule has 8 heteroatoms. The minimum Gasteiger partial charge on any atom is -0.314 e. The molecule has 2 aromatic carbocycles. The fourth-order valence-corrected chi connectivity index (χ4v) is 3.97. The number of benzene rings is 2. The van der Waals surface area contributed by atoms with E-state index in [4.69, 9.17) is 16.6 Å². The number of unbranched alkanes of at least 4 members (excludes halogenated alkanes) is 1. The molecule has 0 radical (unpaired) electrons. The van der Waals surface area contributed by atoms with Gasteiger partial charge in [-0.05, 0) is 56.2 Å². The van der Waals surface area contributed by atoms with Crippen LogP contribution in [0.5, 0.6) is 0 Å². The maximum absolute atomic E-state index is 13.6. The molecule has 1 N–H and O–H groups in total. The quantitative estimate of drug-likeness (QED) is 0.450. The summed E-state index contributed by atoms with van der Waals surface area (Å²) in [7, 11) is 0. The highest BCUT2D eigenvalue weighted by Crippen LogP contribution is 2.26. The molecule has 2 amide bonds. The molecule has 3 aromatic rings. The number of hydrogen-bond donors (Lipinski definition) is 1. The Balaban J connectivity index is 2.07. The Hall–Kier alpha value is -2.93. The number of carbonyl (C=O) groups is 1. The van der Waals surface area contributed by atoms with E-state index >= 15 is 0 Å². The van der Waals surface area contributed by atoms with Gasteiger partial charge in [0.25, 0.3) is 5.56 Å². The third kappa shape index (κ3) is 5.10. The average Bonchev–Trinajstić information content (AvgIpc) is 2.76. The van der Waals surface area contributed by atoms with Crippen LogP contribution in [-0.2, 0) is 6.54 Å².